The van der Waals surface area contributed by atoms with Crippen molar-refractivity contribution in [3.63, 3.8) is 0 Å². The number of thioether (sulfide) groups is 1. The lowest BCUT2D eigenvalue weighted by Crippen LogP contribution is -2.40. The van der Waals surface area contributed by atoms with Gasteiger partial charge in [0.05, 0.1) is 24.0 Å². The Labute approximate surface area is 193 Å². The van der Waals surface area contributed by atoms with Gasteiger partial charge in [0.25, 0.3) is 5.91 Å². The molecule has 1 aromatic carbocycles. The van der Waals surface area contributed by atoms with Gasteiger partial charge in [-0.25, -0.2) is 18.7 Å². The smallest absolute Gasteiger partial charge is 0.275 e. The Morgan fingerprint density at radius 3 is 2.70 bits per heavy atom. The second-order valence-corrected chi connectivity index (χ2v) is 9.31. The van der Waals surface area contributed by atoms with E-state index in [-0.39, 0.29) is 34.4 Å². The number of aliphatic imine (C=N–C) groups is 1. The second-order valence-electron chi connectivity index (χ2n) is 7.79. The van der Waals surface area contributed by atoms with E-state index < -0.39 is 33.9 Å². The average molecular weight is 471 g/mol. The highest BCUT2D eigenvalue weighted by Crippen LogP contribution is 2.46. The molecule has 0 aliphatic carbocycles. The summed E-state index contributed by atoms with van der Waals surface area (Å²) in [5.74, 6) is -0.527. The van der Waals surface area contributed by atoms with Gasteiger partial charge in [0, 0.05) is 23.7 Å². The van der Waals surface area contributed by atoms with Crippen LogP contribution in [0.3, 0.4) is 0 Å². The Hall–Kier alpha value is -3.70. The lowest BCUT2D eigenvalue weighted by Gasteiger charge is -2.37. The van der Waals surface area contributed by atoms with Crippen LogP contribution in [0.2, 0.25) is 0 Å². The van der Waals surface area contributed by atoms with Crippen molar-refractivity contribution < 1.29 is 18.3 Å². The molecule has 8 nitrogen and oxygen atoms in total. The molecule has 0 spiro atoms. The number of nitriles is 1. The van der Waals surface area contributed by atoms with Crippen LogP contribution in [-0.2, 0) is 5.54 Å². The first kappa shape index (κ1) is 24.0. The van der Waals surface area contributed by atoms with Crippen molar-refractivity contribution in [2.45, 2.75) is 43.6 Å². The zero-order valence-electron chi connectivity index (χ0n) is 18.0. The van der Waals surface area contributed by atoms with Gasteiger partial charge >= 0.3 is 0 Å². The summed E-state index contributed by atoms with van der Waals surface area (Å²) in [6, 6.07) is 4.24. The third-order valence-electron chi connectivity index (χ3n) is 4.86. The summed E-state index contributed by atoms with van der Waals surface area (Å²) in [5.41, 5.74) is 4.31. The van der Waals surface area contributed by atoms with Crippen molar-refractivity contribution in [3.05, 3.63) is 47.4 Å². The van der Waals surface area contributed by atoms with Crippen molar-refractivity contribution in [2.24, 2.45) is 10.7 Å². The van der Waals surface area contributed by atoms with Crippen molar-refractivity contribution in [1.29, 1.82) is 5.26 Å². The molecule has 11 heteroatoms. The summed E-state index contributed by atoms with van der Waals surface area (Å²) in [5, 5.41) is 12.1. The molecule has 2 aromatic rings. The Morgan fingerprint density at radius 2 is 2.09 bits per heavy atom. The molecule has 1 aromatic heterocycles. The molecular weight excluding hydrogens is 450 g/mol. The molecule has 33 heavy (non-hydrogen) atoms. The van der Waals surface area contributed by atoms with Gasteiger partial charge in [-0.1, -0.05) is 17.7 Å². The fraction of sp³-hybridized carbons (Fsp3) is 0.318. The number of terminal acetylenes is 1. The minimum atomic E-state index is -1.32. The fourth-order valence-corrected chi connectivity index (χ4v) is 4.51. The first-order valence-electron chi connectivity index (χ1n) is 9.70. The molecule has 2 heterocycles. The summed E-state index contributed by atoms with van der Waals surface area (Å²) < 4.78 is 33.6. The molecule has 0 radical (unpaired) electrons. The molecule has 0 bridgehead atoms. The number of carbonyl (C=O) groups is 1. The highest BCUT2D eigenvalue weighted by atomic mass is 32.2. The largest absolute Gasteiger partial charge is 0.460 e. The van der Waals surface area contributed by atoms with Gasteiger partial charge in [0.15, 0.2) is 22.9 Å². The van der Waals surface area contributed by atoms with E-state index >= 15 is 0 Å². The number of hydrogen-bond donors (Lipinski definition) is 2. The van der Waals surface area contributed by atoms with Crippen LogP contribution in [0.5, 0.6) is 5.88 Å². The quantitative estimate of drug-likeness (QED) is 0.642. The average Bonchev–Trinajstić information content (AvgIpc) is 2.75. The molecular formula is C22H20F2N6O2S. The number of carbonyl (C=O) groups excluding carboxylic acids is 1. The summed E-state index contributed by atoms with van der Waals surface area (Å²) in [6.45, 7) is 4.85. The number of amidine groups is 1. The molecule has 1 amide bonds. The molecule has 0 saturated heterocycles. The van der Waals surface area contributed by atoms with Crippen LogP contribution in [0.4, 0.5) is 14.5 Å². The van der Waals surface area contributed by atoms with E-state index in [0.717, 1.165) is 24.0 Å². The number of aromatic nitrogens is 2. The maximum Gasteiger partial charge on any atom is 0.275 e. The molecule has 3 atom stereocenters. The maximum atomic E-state index is 14.8. The highest BCUT2D eigenvalue weighted by molar-refractivity contribution is 8.15. The Kier molecular flexibility index (Phi) is 6.56. The normalized spacial score (nSPS) is 22.9. The number of nitrogens with zero attached hydrogens (tertiary/aromatic N) is 4. The first-order valence-corrected chi connectivity index (χ1v) is 10.5. The van der Waals surface area contributed by atoms with Crippen LogP contribution in [0.25, 0.3) is 0 Å². The van der Waals surface area contributed by atoms with E-state index in [1.165, 1.54) is 12.3 Å². The summed E-state index contributed by atoms with van der Waals surface area (Å²) in [4.78, 5) is 24.8. The van der Waals surface area contributed by atoms with Crippen molar-refractivity contribution in [2.75, 3.05) is 5.32 Å². The lowest BCUT2D eigenvalue weighted by molar-refractivity contribution is 0.102. The van der Waals surface area contributed by atoms with Crippen LogP contribution in [0, 0.1) is 35.3 Å². The van der Waals surface area contributed by atoms with Gasteiger partial charge < -0.3 is 15.8 Å². The van der Waals surface area contributed by atoms with Gasteiger partial charge in [-0.05, 0) is 26.8 Å². The summed E-state index contributed by atoms with van der Waals surface area (Å²) in [6.07, 6.45) is 7.18. The fourth-order valence-electron chi connectivity index (χ4n) is 3.40. The molecule has 1 aliphatic heterocycles. The number of ether oxygens (including phenoxy) is 1. The second kappa shape index (κ2) is 9.04. The number of anilines is 1. The minimum absolute atomic E-state index is 0.0242. The van der Waals surface area contributed by atoms with E-state index in [0.29, 0.717) is 0 Å². The number of hydrogen-bond acceptors (Lipinski definition) is 8. The van der Waals surface area contributed by atoms with E-state index in [1.54, 1.807) is 20.8 Å². The predicted molar refractivity (Wildman–Crippen MR) is 120 cm³/mol. The third-order valence-corrected chi connectivity index (χ3v) is 5.85. The molecule has 3 N–H and O–H groups in total. The SMILES string of the molecule is C#C[C@H](C)Oc1cnc(C(=O)Nc2cc(F)c(F)c([C@]3(C)C[C@](C)(C#N)SC(N)=N3)c2)cn1. The van der Waals surface area contributed by atoms with Gasteiger partial charge in [-0.2, -0.15) is 5.26 Å². The maximum absolute atomic E-state index is 14.8. The monoisotopic (exact) mass is 470 g/mol. The van der Waals surface area contributed by atoms with Gasteiger partial charge in [0.2, 0.25) is 5.88 Å². The van der Waals surface area contributed by atoms with Crippen molar-refractivity contribution in [3.8, 4) is 24.3 Å². The van der Waals surface area contributed by atoms with Crippen LogP contribution in [-0.4, -0.2) is 31.9 Å². The zero-order chi connectivity index (χ0) is 24.4. The number of nitrogens with one attached hydrogen (secondary N) is 1. The number of rotatable bonds is 5. The van der Waals surface area contributed by atoms with Crippen LogP contribution >= 0.6 is 11.8 Å². The van der Waals surface area contributed by atoms with Gasteiger partial charge in [-0.3, -0.25) is 9.79 Å². The summed E-state index contributed by atoms with van der Waals surface area (Å²) >= 11 is 1.06. The molecule has 0 unspecified atom stereocenters. The first-order chi connectivity index (χ1) is 15.5. The van der Waals surface area contributed by atoms with Crippen LogP contribution in [0.1, 0.15) is 43.2 Å². The third kappa shape index (κ3) is 5.21. The molecule has 0 fully saturated rings. The van der Waals surface area contributed by atoms with Crippen molar-refractivity contribution >= 4 is 28.5 Å². The van der Waals surface area contributed by atoms with E-state index in [9.17, 15) is 18.8 Å². The Morgan fingerprint density at radius 1 is 1.36 bits per heavy atom. The Balaban J connectivity index is 1.89. The van der Waals surface area contributed by atoms with Gasteiger partial charge in [-0.15, -0.1) is 6.42 Å². The molecule has 0 saturated carbocycles. The van der Waals surface area contributed by atoms with E-state index in [4.69, 9.17) is 16.9 Å². The number of nitrogens with two attached hydrogens (primary N) is 1. The van der Waals surface area contributed by atoms with E-state index in [2.05, 4.69) is 32.3 Å². The van der Waals surface area contributed by atoms with Gasteiger partial charge in [0.1, 0.15) is 10.4 Å². The summed E-state index contributed by atoms with van der Waals surface area (Å²) in [7, 11) is 0. The van der Waals surface area contributed by atoms with Crippen LogP contribution < -0.4 is 15.8 Å². The molecule has 170 valence electrons. The molecule has 3 rings (SSSR count). The topological polar surface area (TPSA) is 126 Å². The number of halogens is 2. The van der Waals surface area contributed by atoms with Crippen molar-refractivity contribution in [1.82, 2.24) is 9.97 Å². The Bertz CT molecular complexity index is 1210. The number of amides is 1. The minimum Gasteiger partial charge on any atom is -0.460 e. The zero-order valence-corrected chi connectivity index (χ0v) is 18.8. The molecule has 1 aliphatic rings. The van der Waals surface area contributed by atoms with E-state index in [1.807, 2.05) is 0 Å². The number of benzene rings is 1. The predicted octanol–water partition coefficient (Wildman–Crippen LogP) is 3.36. The lowest BCUT2D eigenvalue weighted by atomic mass is 9.83. The van der Waals surface area contributed by atoms with Crippen LogP contribution in [0.15, 0.2) is 29.5 Å². The standard InChI is InChI=1S/C22H20F2N6O2S/c1-5-12(2)32-17-9-27-16(8-28-17)19(31)29-13-6-14(18(24)15(23)7-13)22(4)10-21(3,11-25)33-20(26)30-22/h1,6-9,12H,10H2,2-4H3,(H2,26,30)(H,29,31)/t12-,21+,22-/m0/s1. The highest BCUT2D eigenvalue weighted by Gasteiger charge is 2.44.